The number of fused-ring (bicyclic) bond motifs is 1. The largest absolute Gasteiger partial charge is 0.462 e. The van der Waals surface area contributed by atoms with Gasteiger partial charge >= 0.3 is 5.97 Å². The zero-order valence-corrected chi connectivity index (χ0v) is 19.0. The summed E-state index contributed by atoms with van der Waals surface area (Å²) in [6.45, 7) is 2.68. The molecule has 31 heavy (non-hydrogen) atoms. The Hall–Kier alpha value is -2.54. The summed E-state index contributed by atoms with van der Waals surface area (Å²) in [7, 11) is 0. The number of pyridine rings is 1. The number of carbonyl (C=O) groups excluding carboxylic acids is 1. The Morgan fingerprint density at radius 1 is 1.13 bits per heavy atom. The lowest BCUT2D eigenvalue weighted by Crippen LogP contribution is -2.05. The summed E-state index contributed by atoms with van der Waals surface area (Å²) in [5.41, 5.74) is 4.02. The van der Waals surface area contributed by atoms with Gasteiger partial charge in [0.15, 0.2) is 5.16 Å². The number of thioether (sulfide) groups is 1. The third kappa shape index (κ3) is 5.03. The molecule has 4 rings (SSSR count). The molecule has 2 heterocycles. The number of halogens is 2. The van der Waals surface area contributed by atoms with Crippen molar-refractivity contribution in [2.45, 2.75) is 24.4 Å². The predicted molar refractivity (Wildman–Crippen MR) is 125 cm³/mol. The summed E-state index contributed by atoms with van der Waals surface area (Å²) in [5, 5.41) is 2.04. The number of hydrogen-bond donors (Lipinski definition) is 0. The average Bonchev–Trinajstić information content (AvgIpc) is 3.10. The average molecular weight is 472 g/mol. The third-order valence-electron chi connectivity index (χ3n) is 4.64. The summed E-state index contributed by atoms with van der Waals surface area (Å²) in [4.78, 5) is 21.4. The van der Waals surface area contributed by atoms with Crippen molar-refractivity contribution in [2.24, 2.45) is 0 Å². The lowest BCUT2D eigenvalue weighted by atomic mass is 10.2. The van der Waals surface area contributed by atoms with Gasteiger partial charge in [-0.05, 0) is 55.0 Å². The van der Waals surface area contributed by atoms with Crippen LogP contribution in [0.4, 0.5) is 0 Å². The minimum absolute atomic E-state index is 0.327. The number of aromatic nitrogens is 3. The van der Waals surface area contributed by atoms with Crippen LogP contribution in [0.15, 0.2) is 66.0 Å². The number of imidazole rings is 1. The van der Waals surface area contributed by atoms with Crippen LogP contribution in [0.1, 0.15) is 28.5 Å². The first-order valence-electron chi connectivity index (χ1n) is 9.69. The molecule has 0 aliphatic heterocycles. The van der Waals surface area contributed by atoms with E-state index < -0.39 is 0 Å². The topological polar surface area (TPSA) is 57.0 Å². The number of esters is 1. The zero-order chi connectivity index (χ0) is 21.8. The summed E-state index contributed by atoms with van der Waals surface area (Å²) < 4.78 is 7.22. The summed E-state index contributed by atoms with van der Waals surface area (Å²) in [6, 6.07) is 16.7. The van der Waals surface area contributed by atoms with Crippen molar-refractivity contribution in [1.29, 1.82) is 0 Å². The molecule has 0 unspecified atom stereocenters. The van der Waals surface area contributed by atoms with E-state index in [1.54, 1.807) is 43.1 Å². The summed E-state index contributed by atoms with van der Waals surface area (Å²) >= 11 is 13.9. The normalized spacial score (nSPS) is 11.1. The summed E-state index contributed by atoms with van der Waals surface area (Å²) in [5.74, 6) is 0.276. The minimum Gasteiger partial charge on any atom is -0.462 e. The van der Waals surface area contributed by atoms with Crippen molar-refractivity contribution in [1.82, 2.24) is 14.5 Å². The zero-order valence-electron chi connectivity index (χ0n) is 16.7. The SMILES string of the molecule is CCOC(=O)c1ccc2c(c1)nc(SCc1ccc(Cl)cc1Cl)n2Cc1ccccn1. The monoisotopic (exact) mass is 471 g/mol. The first kappa shape index (κ1) is 21.7. The van der Waals surface area contributed by atoms with E-state index in [0.29, 0.717) is 34.5 Å². The lowest BCUT2D eigenvalue weighted by Gasteiger charge is -2.09. The standard InChI is InChI=1S/C23H19Cl2N3O2S/c1-2-30-22(29)15-7-9-21-20(11-15)27-23(28(21)13-18-5-3-4-10-26-18)31-14-16-6-8-17(24)12-19(16)25/h3-12H,2,13-14H2,1H3. The highest BCUT2D eigenvalue weighted by atomic mass is 35.5. The van der Waals surface area contributed by atoms with Gasteiger partial charge in [-0.1, -0.05) is 47.1 Å². The van der Waals surface area contributed by atoms with E-state index in [4.69, 9.17) is 32.9 Å². The molecule has 0 saturated heterocycles. The molecule has 5 nitrogen and oxygen atoms in total. The fourth-order valence-electron chi connectivity index (χ4n) is 3.15. The van der Waals surface area contributed by atoms with Gasteiger partial charge in [-0.25, -0.2) is 9.78 Å². The number of hydrogen-bond acceptors (Lipinski definition) is 5. The number of benzene rings is 2. The molecule has 0 bridgehead atoms. The molecule has 0 atom stereocenters. The molecule has 0 fully saturated rings. The van der Waals surface area contributed by atoms with Crippen LogP contribution in [0.5, 0.6) is 0 Å². The Kier molecular flexibility index (Phi) is 6.80. The van der Waals surface area contributed by atoms with Gasteiger partial charge in [0.1, 0.15) is 0 Å². The highest BCUT2D eigenvalue weighted by molar-refractivity contribution is 7.98. The van der Waals surface area contributed by atoms with Crippen molar-refractivity contribution in [3.63, 3.8) is 0 Å². The highest BCUT2D eigenvalue weighted by Crippen LogP contribution is 2.31. The van der Waals surface area contributed by atoms with E-state index in [1.807, 2.05) is 36.4 Å². The Labute approximate surface area is 194 Å². The molecule has 0 saturated carbocycles. The lowest BCUT2D eigenvalue weighted by molar-refractivity contribution is 0.0526. The van der Waals surface area contributed by atoms with E-state index in [9.17, 15) is 4.79 Å². The van der Waals surface area contributed by atoms with Crippen LogP contribution in [0, 0.1) is 0 Å². The quantitative estimate of drug-likeness (QED) is 0.235. The molecular formula is C23H19Cl2N3O2S. The second-order valence-electron chi connectivity index (χ2n) is 6.75. The van der Waals surface area contributed by atoms with Crippen molar-refractivity contribution < 1.29 is 9.53 Å². The van der Waals surface area contributed by atoms with Crippen LogP contribution >= 0.6 is 35.0 Å². The van der Waals surface area contributed by atoms with E-state index in [1.165, 1.54) is 0 Å². The maximum absolute atomic E-state index is 12.1. The van der Waals surface area contributed by atoms with Crippen LogP contribution in [0.2, 0.25) is 10.0 Å². The first-order chi connectivity index (χ1) is 15.0. The van der Waals surface area contributed by atoms with Crippen LogP contribution in [-0.4, -0.2) is 27.1 Å². The molecule has 0 aliphatic rings. The molecule has 2 aromatic heterocycles. The van der Waals surface area contributed by atoms with Crippen molar-refractivity contribution in [3.05, 3.63) is 87.7 Å². The van der Waals surface area contributed by atoms with Gasteiger partial charge in [-0.3, -0.25) is 4.98 Å². The predicted octanol–water partition coefficient (Wildman–Crippen LogP) is 6.26. The van der Waals surface area contributed by atoms with Gasteiger partial charge in [0.25, 0.3) is 0 Å². The molecule has 0 spiro atoms. The van der Waals surface area contributed by atoms with E-state index in [0.717, 1.165) is 27.4 Å². The van der Waals surface area contributed by atoms with Gasteiger partial charge in [0.05, 0.1) is 35.4 Å². The van der Waals surface area contributed by atoms with Crippen molar-refractivity contribution >= 4 is 52.0 Å². The van der Waals surface area contributed by atoms with Gasteiger partial charge in [0, 0.05) is 22.0 Å². The van der Waals surface area contributed by atoms with Gasteiger partial charge in [-0.15, -0.1) is 0 Å². The van der Waals surface area contributed by atoms with E-state index in [2.05, 4.69) is 9.55 Å². The third-order valence-corrected chi connectivity index (χ3v) is 6.25. The van der Waals surface area contributed by atoms with Gasteiger partial charge in [0.2, 0.25) is 0 Å². The molecule has 4 aromatic rings. The van der Waals surface area contributed by atoms with E-state index >= 15 is 0 Å². The number of rotatable bonds is 7. The van der Waals surface area contributed by atoms with Crippen LogP contribution in [0.25, 0.3) is 11.0 Å². The minimum atomic E-state index is -0.356. The Balaban J connectivity index is 1.70. The molecule has 8 heteroatoms. The second kappa shape index (κ2) is 9.73. The smallest absolute Gasteiger partial charge is 0.338 e. The highest BCUT2D eigenvalue weighted by Gasteiger charge is 2.16. The number of ether oxygens (including phenoxy) is 1. The Morgan fingerprint density at radius 3 is 2.74 bits per heavy atom. The van der Waals surface area contributed by atoms with E-state index in [-0.39, 0.29) is 5.97 Å². The van der Waals surface area contributed by atoms with Crippen molar-refractivity contribution in [3.8, 4) is 0 Å². The van der Waals surface area contributed by atoms with Gasteiger partial charge < -0.3 is 9.30 Å². The maximum atomic E-state index is 12.1. The maximum Gasteiger partial charge on any atom is 0.338 e. The van der Waals surface area contributed by atoms with Crippen LogP contribution in [0.3, 0.4) is 0 Å². The van der Waals surface area contributed by atoms with Crippen molar-refractivity contribution in [2.75, 3.05) is 6.61 Å². The second-order valence-corrected chi connectivity index (χ2v) is 8.54. The number of carbonyl (C=O) groups is 1. The molecule has 0 radical (unpaired) electrons. The fraction of sp³-hybridized carbons (Fsp3) is 0.174. The molecule has 0 amide bonds. The molecule has 0 N–H and O–H groups in total. The van der Waals surface area contributed by atoms with Crippen LogP contribution < -0.4 is 0 Å². The Bertz CT molecular complexity index is 1230. The van der Waals surface area contributed by atoms with Crippen LogP contribution in [-0.2, 0) is 17.0 Å². The summed E-state index contributed by atoms with van der Waals surface area (Å²) in [6.07, 6.45) is 1.77. The fourth-order valence-corrected chi connectivity index (χ4v) is 4.72. The molecule has 2 aromatic carbocycles. The van der Waals surface area contributed by atoms with Gasteiger partial charge in [-0.2, -0.15) is 0 Å². The molecular weight excluding hydrogens is 453 g/mol. The Morgan fingerprint density at radius 2 is 2.00 bits per heavy atom. The first-order valence-corrected chi connectivity index (χ1v) is 11.4. The number of nitrogens with zero attached hydrogens (tertiary/aromatic N) is 3. The molecule has 158 valence electrons. The molecule has 0 aliphatic carbocycles.